The van der Waals surface area contributed by atoms with Crippen LogP contribution in [0, 0.1) is 17.3 Å². The Labute approximate surface area is 217 Å². The molecule has 0 aliphatic heterocycles. The smallest absolute Gasteiger partial charge is 0.418 e. The molecule has 0 unspecified atom stereocenters. The van der Waals surface area contributed by atoms with E-state index in [1.165, 1.54) is 12.7 Å². The average Bonchev–Trinajstić information content (AvgIpc) is 3.22. The van der Waals surface area contributed by atoms with Crippen LogP contribution in [0.25, 0.3) is 0 Å². The number of carbonyl (C=O) groups is 3. The molecular formula is C30H34FNO5. The molecule has 5 rings (SSSR count). The summed E-state index contributed by atoms with van der Waals surface area (Å²) in [6, 6.07) is 13.6. The van der Waals surface area contributed by atoms with Crippen LogP contribution in [0.15, 0.2) is 48.5 Å². The van der Waals surface area contributed by atoms with E-state index in [9.17, 15) is 18.8 Å². The van der Waals surface area contributed by atoms with Gasteiger partial charge in [-0.2, -0.15) is 0 Å². The molecule has 37 heavy (non-hydrogen) atoms. The lowest BCUT2D eigenvalue weighted by atomic mass is 9.55. The largest absolute Gasteiger partial charge is 0.467 e. The highest BCUT2D eigenvalue weighted by molar-refractivity contribution is 5.87. The first-order chi connectivity index (χ1) is 17.9. The van der Waals surface area contributed by atoms with Gasteiger partial charge in [-0.25, -0.2) is 14.0 Å². The van der Waals surface area contributed by atoms with E-state index in [-0.39, 0.29) is 11.8 Å². The number of esters is 1. The fourth-order valence-electron chi connectivity index (χ4n) is 7.11. The average molecular weight is 508 g/mol. The number of benzene rings is 2. The zero-order valence-corrected chi connectivity index (χ0v) is 21.5. The van der Waals surface area contributed by atoms with E-state index in [1.54, 1.807) is 6.07 Å². The van der Waals surface area contributed by atoms with Crippen LogP contribution in [-0.2, 0) is 27.2 Å². The summed E-state index contributed by atoms with van der Waals surface area (Å²) in [4.78, 5) is 38.8. The number of hydrogen-bond acceptors (Lipinski definition) is 5. The number of methoxy groups -OCH3 is 1. The number of nitrogens with zero attached hydrogens (tertiary/aromatic N) is 1. The fourth-order valence-corrected chi connectivity index (χ4v) is 7.11. The Bertz CT molecular complexity index is 1180. The van der Waals surface area contributed by atoms with Crippen molar-refractivity contribution in [1.82, 2.24) is 4.90 Å². The van der Waals surface area contributed by atoms with Gasteiger partial charge in [-0.05, 0) is 78.7 Å². The van der Waals surface area contributed by atoms with Gasteiger partial charge in [0.2, 0.25) is 0 Å². The molecule has 2 fully saturated rings. The monoisotopic (exact) mass is 507 g/mol. The van der Waals surface area contributed by atoms with Crippen molar-refractivity contribution in [2.24, 2.45) is 17.3 Å². The van der Waals surface area contributed by atoms with Crippen molar-refractivity contribution in [3.8, 4) is 5.75 Å². The number of ether oxygens (including phenoxy) is 2. The predicted octanol–water partition coefficient (Wildman–Crippen LogP) is 5.62. The third-order valence-corrected chi connectivity index (χ3v) is 9.10. The summed E-state index contributed by atoms with van der Waals surface area (Å²) in [5.74, 6) is 1.42. The Balaban J connectivity index is 1.32. The van der Waals surface area contributed by atoms with Crippen molar-refractivity contribution >= 4 is 17.8 Å². The van der Waals surface area contributed by atoms with Gasteiger partial charge in [0.05, 0.1) is 7.11 Å². The molecule has 3 aliphatic carbocycles. The first-order valence-electron chi connectivity index (χ1n) is 13.2. The maximum atomic E-state index is 14.1. The number of alkyl halides is 1. The van der Waals surface area contributed by atoms with Gasteiger partial charge in [-0.1, -0.05) is 43.3 Å². The van der Waals surface area contributed by atoms with Gasteiger partial charge in [0.15, 0.2) is 6.80 Å². The fraction of sp³-hybridized carbons (Fsp3) is 0.500. The lowest BCUT2D eigenvalue weighted by molar-refractivity contribution is -0.146. The number of rotatable bonds is 6. The van der Waals surface area contributed by atoms with Gasteiger partial charge < -0.3 is 9.47 Å². The Morgan fingerprint density at radius 1 is 1.11 bits per heavy atom. The van der Waals surface area contributed by atoms with Crippen molar-refractivity contribution in [3.05, 3.63) is 65.2 Å². The number of hydrogen-bond donors (Lipinski definition) is 0. The minimum atomic E-state index is -1.18. The molecule has 0 saturated heterocycles. The highest BCUT2D eigenvalue weighted by Gasteiger charge is 2.54. The molecule has 0 N–H and O–H groups in total. The zero-order valence-electron chi connectivity index (χ0n) is 21.5. The predicted molar refractivity (Wildman–Crippen MR) is 136 cm³/mol. The van der Waals surface area contributed by atoms with E-state index in [0.717, 1.165) is 48.1 Å². The molecule has 2 aromatic carbocycles. The van der Waals surface area contributed by atoms with Crippen LogP contribution in [0.5, 0.6) is 5.75 Å². The summed E-state index contributed by atoms with van der Waals surface area (Å²) in [6.07, 6.45) is 4.66. The van der Waals surface area contributed by atoms with Crippen LogP contribution < -0.4 is 4.74 Å². The Kier molecular flexibility index (Phi) is 7.06. The van der Waals surface area contributed by atoms with E-state index < -0.39 is 24.9 Å². The number of amides is 1. The second kappa shape index (κ2) is 10.3. The molecule has 0 bridgehead atoms. The summed E-state index contributed by atoms with van der Waals surface area (Å²) in [5, 5.41) is 0. The van der Waals surface area contributed by atoms with E-state index in [2.05, 4.69) is 6.92 Å². The molecule has 7 heteroatoms. The quantitative estimate of drug-likeness (QED) is 0.375. The molecular weight excluding hydrogens is 473 g/mol. The number of halogens is 1. The van der Waals surface area contributed by atoms with Crippen LogP contribution in [0.3, 0.4) is 0 Å². The summed E-state index contributed by atoms with van der Waals surface area (Å²) in [6.45, 7) is 0.982. The van der Waals surface area contributed by atoms with Gasteiger partial charge >= 0.3 is 12.1 Å². The molecule has 2 aromatic rings. The number of fused-ring (bicyclic) bond motifs is 5. The van der Waals surface area contributed by atoms with Crippen molar-refractivity contribution < 1.29 is 28.2 Å². The molecule has 0 spiro atoms. The van der Waals surface area contributed by atoms with E-state index in [1.807, 2.05) is 42.5 Å². The summed E-state index contributed by atoms with van der Waals surface area (Å²) >= 11 is 0. The normalized spacial score (nSPS) is 26.9. The SMILES string of the molecule is COC(=O)[C@H](Cc1ccccc1)N(CF)C(=O)Oc1ccc2c(c1)CC[C@@H]1[C@@H]2CC[C@]2(C)C(=O)CC[C@@H]12. The third-order valence-electron chi connectivity index (χ3n) is 9.10. The van der Waals surface area contributed by atoms with Crippen LogP contribution in [0.1, 0.15) is 61.6 Å². The lowest BCUT2D eigenvalue weighted by Gasteiger charge is -2.48. The van der Waals surface area contributed by atoms with Gasteiger partial charge in [0, 0.05) is 18.3 Å². The molecule has 196 valence electrons. The van der Waals surface area contributed by atoms with E-state index in [4.69, 9.17) is 9.47 Å². The van der Waals surface area contributed by atoms with Gasteiger partial charge in [0.1, 0.15) is 17.6 Å². The Morgan fingerprint density at radius 2 is 1.89 bits per heavy atom. The van der Waals surface area contributed by atoms with Crippen LogP contribution >= 0.6 is 0 Å². The second-order valence-electron chi connectivity index (χ2n) is 10.9. The highest BCUT2D eigenvalue weighted by atomic mass is 19.1. The third kappa shape index (κ3) is 4.64. The number of Topliss-reactive ketones (excluding diaryl/α,β-unsaturated/α-hetero) is 1. The van der Waals surface area contributed by atoms with Crippen molar-refractivity contribution in [2.45, 2.75) is 63.8 Å². The van der Waals surface area contributed by atoms with Crippen LogP contribution in [0.2, 0.25) is 0 Å². The van der Waals surface area contributed by atoms with Crippen LogP contribution in [-0.4, -0.2) is 42.7 Å². The van der Waals surface area contributed by atoms with Crippen LogP contribution in [0.4, 0.5) is 9.18 Å². The number of carbonyl (C=O) groups excluding carboxylic acids is 3. The lowest BCUT2D eigenvalue weighted by Crippen LogP contribution is -2.47. The Morgan fingerprint density at radius 3 is 2.62 bits per heavy atom. The van der Waals surface area contributed by atoms with Crippen molar-refractivity contribution in [2.75, 3.05) is 13.9 Å². The second-order valence-corrected chi connectivity index (χ2v) is 10.9. The molecule has 0 heterocycles. The van der Waals surface area contributed by atoms with E-state index in [0.29, 0.717) is 35.7 Å². The molecule has 5 atom stereocenters. The number of ketones is 1. The first kappa shape index (κ1) is 25.4. The Hall–Kier alpha value is -3.22. The number of aryl methyl sites for hydroxylation is 1. The maximum Gasteiger partial charge on any atom is 0.418 e. The van der Waals surface area contributed by atoms with Gasteiger partial charge in [-0.3, -0.25) is 9.69 Å². The standard InChI is InChI=1S/C30H34FNO5/c1-30-15-14-23-22-11-9-21(17-20(22)8-10-24(23)25(30)12-13-27(30)33)37-29(35)32(18-31)26(28(34)36-2)16-19-6-4-3-5-7-19/h3-7,9,11,17,23-26H,8,10,12-16,18H2,1-2H3/t23-,24-,25+,26+,30+/m1/s1. The maximum absolute atomic E-state index is 14.1. The molecule has 6 nitrogen and oxygen atoms in total. The zero-order chi connectivity index (χ0) is 26.2. The van der Waals surface area contributed by atoms with Crippen molar-refractivity contribution in [1.29, 1.82) is 0 Å². The summed E-state index contributed by atoms with van der Waals surface area (Å²) in [7, 11) is 1.22. The van der Waals surface area contributed by atoms with E-state index >= 15 is 0 Å². The summed E-state index contributed by atoms with van der Waals surface area (Å²) in [5.41, 5.74) is 3.02. The first-order valence-corrected chi connectivity index (χ1v) is 13.2. The molecule has 0 aromatic heterocycles. The molecule has 1 amide bonds. The minimum absolute atomic E-state index is 0.113. The van der Waals surface area contributed by atoms with Gasteiger partial charge in [-0.15, -0.1) is 0 Å². The molecule has 2 saturated carbocycles. The molecule has 3 aliphatic rings. The summed E-state index contributed by atoms with van der Waals surface area (Å²) < 4.78 is 24.5. The highest BCUT2D eigenvalue weighted by Crippen LogP contribution is 2.59. The molecule has 0 radical (unpaired) electrons. The van der Waals surface area contributed by atoms with Gasteiger partial charge in [0.25, 0.3) is 0 Å². The van der Waals surface area contributed by atoms with Crippen molar-refractivity contribution in [3.63, 3.8) is 0 Å². The minimum Gasteiger partial charge on any atom is -0.467 e. The topological polar surface area (TPSA) is 72.9 Å².